The number of benzene rings is 1. The summed E-state index contributed by atoms with van der Waals surface area (Å²) in [6.45, 7) is 3.62. The molecular formula is C19H26N2O6. The number of carboxylic acids is 1. The van der Waals surface area contributed by atoms with Crippen LogP contribution in [0.15, 0.2) is 30.3 Å². The van der Waals surface area contributed by atoms with Crippen LogP contribution in [0, 0.1) is 5.41 Å². The van der Waals surface area contributed by atoms with Crippen LogP contribution in [0.1, 0.15) is 32.3 Å². The standard InChI is InChI=1S/C19H26N2O6/c1-19(2,15(22)17(24)25)12-20-16(23)14-9-6-10-21(14)18(26)27-11-13-7-4-3-5-8-13/h3-5,7-8,14-15,22H,6,9-12H2,1-2H3,(H,20,23)(H,24,25)/t14-,15-/m1/s1. The fraction of sp³-hybridized carbons (Fsp3) is 0.526. The van der Waals surface area contributed by atoms with Crippen molar-refractivity contribution >= 4 is 18.0 Å². The summed E-state index contributed by atoms with van der Waals surface area (Å²) in [5, 5.41) is 21.3. The van der Waals surface area contributed by atoms with Crippen LogP contribution < -0.4 is 5.32 Å². The number of carboxylic acid groups (broad SMARTS) is 1. The highest BCUT2D eigenvalue weighted by molar-refractivity contribution is 5.86. The van der Waals surface area contributed by atoms with Crippen molar-refractivity contribution in [3.63, 3.8) is 0 Å². The summed E-state index contributed by atoms with van der Waals surface area (Å²) < 4.78 is 5.30. The maximum Gasteiger partial charge on any atom is 0.410 e. The van der Waals surface area contributed by atoms with E-state index in [4.69, 9.17) is 9.84 Å². The van der Waals surface area contributed by atoms with E-state index >= 15 is 0 Å². The Morgan fingerprint density at radius 2 is 1.96 bits per heavy atom. The number of ether oxygens (including phenoxy) is 1. The first kappa shape index (κ1) is 20.7. The molecule has 0 unspecified atom stereocenters. The summed E-state index contributed by atoms with van der Waals surface area (Å²) in [6.07, 6.45) is -0.969. The molecule has 0 saturated carbocycles. The zero-order chi connectivity index (χ0) is 20.0. The van der Waals surface area contributed by atoms with E-state index in [9.17, 15) is 19.5 Å². The van der Waals surface area contributed by atoms with Gasteiger partial charge in [0, 0.05) is 18.5 Å². The molecule has 8 nitrogen and oxygen atoms in total. The van der Waals surface area contributed by atoms with Crippen LogP contribution in [-0.2, 0) is 20.9 Å². The van der Waals surface area contributed by atoms with Crippen molar-refractivity contribution in [3.8, 4) is 0 Å². The van der Waals surface area contributed by atoms with Gasteiger partial charge in [0.25, 0.3) is 0 Å². The summed E-state index contributed by atoms with van der Waals surface area (Å²) >= 11 is 0. The average molecular weight is 378 g/mol. The van der Waals surface area contributed by atoms with Crippen molar-refractivity contribution < 1.29 is 29.3 Å². The molecule has 0 aliphatic carbocycles. The Morgan fingerprint density at radius 1 is 1.30 bits per heavy atom. The number of hydrogen-bond acceptors (Lipinski definition) is 5. The lowest BCUT2D eigenvalue weighted by atomic mass is 9.86. The second kappa shape index (κ2) is 8.85. The van der Waals surface area contributed by atoms with E-state index in [1.807, 2.05) is 30.3 Å². The topological polar surface area (TPSA) is 116 Å². The Kier molecular flexibility index (Phi) is 6.79. The van der Waals surface area contributed by atoms with Crippen LogP contribution in [0.5, 0.6) is 0 Å². The third-order valence-corrected chi connectivity index (χ3v) is 4.69. The summed E-state index contributed by atoms with van der Waals surface area (Å²) in [4.78, 5) is 37.2. The van der Waals surface area contributed by atoms with E-state index in [1.165, 1.54) is 4.90 Å². The largest absolute Gasteiger partial charge is 0.479 e. The maximum atomic E-state index is 12.5. The maximum absolute atomic E-state index is 12.5. The van der Waals surface area contributed by atoms with Gasteiger partial charge in [-0.05, 0) is 18.4 Å². The summed E-state index contributed by atoms with van der Waals surface area (Å²) in [5.74, 6) is -1.73. The molecule has 0 aromatic heterocycles. The number of aliphatic carboxylic acids is 1. The molecule has 0 radical (unpaired) electrons. The predicted molar refractivity (Wildman–Crippen MR) is 96.8 cm³/mol. The highest BCUT2D eigenvalue weighted by atomic mass is 16.6. The lowest BCUT2D eigenvalue weighted by Crippen LogP contribution is -2.50. The van der Waals surface area contributed by atoms with Gasteiger partial charge < -0.3 is 20.3 Å². The first-order chi connectivity index (χ1) is 12.7. The number of carbonyl (C=O) groups excluding carboxylic acids is 2. The van der Waals surface area contributed by atoms with Crippen LogP contribution in [0.3, 0.4) is 0 Å². The Bertz CT molecular complexity index is 676. The number of amides is 2. The number of aliphatic hydroxyl groups excluding tert-OH is 1. The monoisotopic (exact) mass is 378 g/mol. The molecule has 1 aliphatic rings. The average Bonchev–Trinajstić information content (AvgIpc) is 3.14. The number of nitrogens with one attached hydrogen (secondary N) is 1. The molecule has 27 heavy (non-hydrogen) atoms. The third-order valence-electron chi connectivity index (χ3n) is 4.69. The zero-order valence-corrected chi connectivity index (χ0v) is 15.6. The first-order valence-corrected chi connectivity index (χ1v) is 8.88. The van der Waals surface area contributed by atoms with Crippen molar-refractivity contribution in [2.75, 3.05) is 13.1 Å². The smallest absolute Gasteiger partial charge is 0.410 e. The SMILES string of the molecule is CC(C)(CNC(=O)[C@H]1CCCN1C(=O)OCc1ccccc1)[C@H](O)C(=O)O. The van der Waals surface area contributed by atoms with Gasteiger partial charge in [-0.25, -0.2) is 9.59 Å². The van der Waals surface area contributed by atoms with Gasteiger partial charge in [0.2, 0.25) is 5.91 Å². The lowest BCUT2D eigenvalue weighted by molar-refractivity contribution is -0.153. The van der Waals surface area contributed by atoms with Gasteiger partial charge in [0.15, 0.2) is 6.10 Å². The van der Waals surface area contributed by atoms with E-state index in [0.29, 0.717) is 19.4 Å². The van der Waals surface area contributed by atoms with Gasteiger partial charge in [-0.1, -0.05) is 44.2 Å². The molecular weight excluding hydrogens is 352 g/mol. The van der Waals surface area contributed by atoms with Gasteiger partial charge in [0.05, 0.1) is 0 Å². The van der Waals surface area contributed by atoms with Gasteiger partial charge in [0.1, 0.15) is 12.6 Å². The van der Waals surface area contributed by atoms with Crippen molar-refractivity contribution in [2.45, 2.75) is 45.4 Å². The van der Waals surface area contributed by atoms with Crippen molar-refractivity contribution in [1.29, 1.82) is 0 Å². The van der Waals surface area contributed by atoms with Crippen molar-refractivity contribution in [3.05, 3.63) is 35.9 Å². The third kappa shape index (κ3) is 5.43. The van der Waals surface area contributed by atoms with Gasteiger partial charge >= 0.3 is 12.1 Å². The summed E-state index contributed by atoms with van der Waals surface area (Å²) in [5.41, 5.74) is -0.186. The molecule has 0 spiro atoms. The molecule has 1 heterocycles. The quantitative estimate of drug-likeness (QED) is 0.660. The molecule has 1 saturated heterocycles. The number of nitrogens with zero attached hydrogens (tertiary/aromatic N) is 1. The highest BCUT2D eigenvalue weighted by Gasteiger charge is 2.38. The van der Waals surface area contributed by atoms with Gasteiger partial charge in [-0.15, -0.1) is 0 Å². The van der Waals surface area contributed by atoms with E-state index in [-0.39, 0.29) is 19.1 Å². The Morgan fingerprint density at radius 3 is 2.59 bits per heavy atom. The molecule has 1 fully saturated rings. The molecule has 1 aromatic carbocycles. The molecule has 1 aromatic rings. The lowest BCUT2D eigenvalue weighted by Gasteiger charge is -2.29. The van der Waals surface area contributed by atoms with Crippen LogP contribution in [-0.4, -0.2) is 58.3 Å². The van der Waals surface area contributed by atoms with E-state index in [0.717, 1.165) is 5.56 Å². The number of rotatable bonds is 7. The Labute approximate surface area is 158 Å². The van der Waals surface area contributed by atoms with Crippen molar-refractivity contribution in [1.82, 2.24) is 10.2 Å². The fourth-order valence-corrected chi connectivity index (χ4v) is 2.92. The van der Waals surface area contributed by atoms with E-state index in [1.54, 1.807) is 13.8 Å². The molecule has 2 rings (SSSR count). The molecule has 148 valence electrons. The fourth-order valence-electron chi connectivity index (χ4n) is 2.92. The Hall–Kier alpha value is -2.61. The van der Waals surface area contributed by atoms with Gasteiger partial charge in [-0.2, -0.15) is 0 Å². The first-order valence-electron chi connectivity index (χ1n) is 8.88. The molecule has 0 bridgehead atoms. The van der Waals surface area contributed by atoms with Crippen LogP contribution >= 0.6 is 0 Å². The highest BCUT2D eigenvalue weighted by Crippen LogP contribution is 2.22. The molecule has 1 aliphatic heterocycles. The second-order valence-electron chi connectivity index (χ2n) is 7.34. The minimum atomic E-state index is -1.60. The van der Waals surface area contributed by atoms with E-state index in [2.05, 4.69) is 5.32 Å². The summed E-state index contributed by atoms with van der Waals surface area (Å²) in [6, 6.07) is 8.60. The Balaban J connectivity index is 1.89. The van der Waals surface area contributed by atoms with Crippen LogP contribution in [0.25, 0.3) is 0 Å². The zero-order valence-electron chi connectivity index (χ0n) is 15.6. The molecule has 2 amide bonds. The normalized spacial score (nSPS) is 18.0. The minimum absolute atomic E-state index is 0.0251. The minimum Gasteiger partial charge on any atom is -0.479 e. The van der Waals surface area contributed by atoms with Gasteiger partial charge in [-0.3, -0.25) is 9.69 Å². The number of aliphatic hydroxyl groups is 1. The van der Waals surface area contributed by atoms with E-state index < -0.39 is 29.6 Å². The molecule has 3 N–H and O–H groups in total. The van der Waals surface area contributed by atoms with Crippen LogP contribution in [0.2, 0.25) is 0 Å². The number of hydrogen-bond donors (Lipinski definition) is 3. The molecule has 8 heteroatoms. The van der Waals surface area contributed by atoms with Crippen LogP contribution in [0.4, 0.5) is 4.79 Å². The number of carbonyl (C=O) groups is 3. The molecule has 2 atom stereocenters. The second-order valence-corrected chi connectivity index (χ2v) is 7.34. The predicted octanol–water partition coefficient (Wildman–Crippen LogP) is 1.38. The summed E-state index contributed by atoms with van der Waals surface area (Å²) in [7, 11) is 0. The van der Waals surface area contributed by atoms with Crippen molar-refractivity contribution in [2.24, 2.45) is 5.41 Å². The number of likely N-dealkylation sites (tertiary alicyclic amines) is 1.